The molecule has 0 saturated carbocycles. The molecule has 5 rings (SSSR count). The predicted molar refractivity (Wildman–Crippen MR) is 155 cm³/mol. The van der Waals surface area contributed by atoms with Gasteiger partial charge in [-0.05, 0) is 58.9 Å². The Morgan fingerprint density at radius 2 is 1.76 bits per heavy atom. The second kappa shape index (κ2) is 9.90. The lowest BCUT2D eigenvalue weighted by molar-refractivity contribution is 0.124. The molecule has 2 aliphatic rings. The number of anilines is 1. The van der Waals surface area contributed by atoms with E-state index in [2.05, 4.69) is 4.90 Å². The summed E-state index contributed by atoms with van der Waals surface area (Å²) < 4.78 is 25.3. The average molecular weight is 574 g/mol. The van der Waals surface area contributed by atoms with Crippen LogP contribution in [0.15, 0.2) is 51.7 Å². The second-order valence-corrected chi connectivity index (χ2v) is 13.4. The van der Waals surface area contributed by atoms with Gasteiger partial charge in [0.25, 0.3) is 5.56 Å². The average Bonchev–Trinajstić information content (AvgIpc) is 3.16. The van der Waals surface area contributed by atoms with Crippen molar-refractivity contribution in [3.8, 4) is 11.4 Å². The van der Waals surface area contributed by atoms with Gasteiger partial charge in [0, 0.05) is 31.5 Å². The zero-order valence-electron chi connectivity index (χ0n) is 22.0. The van der Waals surface area contributed by atoms with Crippen LogP contribution >= 0.6 is 23.2 Å². The van der Waals surface area contributed by atoms with Crippen LogP contribution in [0, 0.1) is 13.8 Å². The Labute approximate surface area is 235 Å². The summed E-state index contributed by atoms with van der Waals surface area (Å²) in [5.41, 5.74) is 1.81. The molecule has 200 valence electrons. The molecule has 38 heavy (non-hydrogen) atoms. The lowest BCUT2D eigenvalue weighted by Gasteiger charge is -2.39. The maximum absolute atomic E-state index is 13.5. The molecule has 1 saturated heterocycles. The molecule has 1 fully saturated rings. The Balaban J connectivity index is 1.47. The van der Waals surface area contributed by atoms with Crippen molar-refractivity contribution in [2.75, 3.05) is 18.0 Å². The highest BCUT2D eigenvalue weighted by Crippen LogP contribution is 2.43. The number of aromatic nitrogens is 2. The first kappa shape index (κ1) is 27.1. The molecule has 0 radical (unpaired) electrons. The number of hydrogen-bond donors (Lipinski definition) is 0. The van der Waals surface area contributed by atoms with Crippen LogP contribution in [0.1, 0.15) is 50.6 Å². The normalized spacial score (nSPS) is 18.5. The number of ether oxygens (including phenoxy) is 1. The summed E-state index contributed by atoms with van der Waals surface area (Å²) in [4.78, 5) is 20.4. The van der Waals surface area contributed by atoms with Gasteiger partial charge in [0.05, 0.1) is 21.3 Å². The summed E-state index contributed by atoms with van der Waals surface area (Å²) in [6.07, 6.45) is 1.23. The maximum atomic E-state index is 13.5. The molecule has 0 bridgehead atoms. The van der Waals surface area contributed by atoms with Gasteiger partial charge in [-0.15, -0.1) is 0 Å². The van der Waals surface area contributed by atoms with E-state index in [1.165, 1.54) is 4.57 Å². The number of piperidine rings is 1. The van der Waals surface area contributed by atoms with E-state index in [1.807, 2.05) is 45.0 Å². The molecular weight excluding hydrogens is 543 g/mol. The first-order valence-corrected chi connectivity index (χ1v) is 14.4. The zero-order valence-corrected chi connectivity index (χ0v) is 24.4. The van der Waals surface area contributed by atoms with Crippen molar-refractivity contribution in [2.24, 2.45) is 4.40 Å². The molecule has 1 aromatic heterocycles. The van der Waals surface area contributed by atoms with Crippen molar-refractivity contribution in [3.63, 3.8) is 0 Å². The molecule has 1 unspecified atom stereocenters. The topological polar surface area (TPSA) is 82.8 Å². The molecule has 3 heterocycles. The molecular formula is C28H30Cl2N4O3S. The molecule has 0 N–H and O–H groups in total. The molecule has 1 atom stereocenters. The molecule has 2 aromatic carbocycles. The smallest absolute Gasteiger partial charge is 0.263 e. The van der Waals surface area contributed by atoms with E-state index in [4.69, 9.17) is 37.3 Å². The van der Waals surface area contributed by atoms with Crippen molar-refractivity contribution in [1.29, 1.82) is 0 Å². The van der Waals surface area contributed by atoms with Crippen molar-refractivity contribution in [3.05, 3.63) is 79.8 Å². The summed E-state index contributed by atoms with van der Waals surface area (Å²) in [5, 5.41) is 0.687. The van der Waals surface area contributed by atoms with E-state index < -0.39 is 21.7 Å². The SMILES string of the molecule is Cc1c(N2CCC3(CC2)Oc2ccccc2/C3=N\[S+]([O-])C(C)(C)C)nc(C)n(-c2cccc(Cl)c2Cl)c1=O. The molecule has 0 aliphatic carbocycles. The highest BCUT2D eigenvalue weighted by molar-refractivity contribution is 7.91. The lowest BCUT2D eigenvalue weighted by Crippen LogP contribution is -2.52. The Hall–Kier alpha value is -2.52. The number of aryl methyl sites for hydroxylation is 1. The predicted octanol–water partition coefficient (Wildman–Crippen LogP) is 5.84. The van der Waals surface area contributed by atoms with Gasteiger partial charge in [-0.3, -0.25) is 9.36 Å². The van der Waals surface area contributed by atoms with Crippen LogP contribution in [-0.4, -0.2) is 43.3 Å². The van der Waals surface area contributed by atoms with E-state index in [-0.39, 0.29) is 5.56 Å². The largest absolute Gasteiger partial charge is 0.591 e. The minimum atomic E-state index is -1.42. The third-order valence-electron chi connectivity index (χ3n) is 7.07. The third kappa shape index (κ3) is 4.62. The van der Waals surface area contributed by atoms with Crippen molar-refractivity contribution < 1.29 is 9.29 Å². The van der Waals surface area contributed by atoms with Crippen LogP contribution in [0.3, 0.4) is 0 Å². The molecule has 1 spiro atoms. The zero-order chi connectivity index (χ0) is 27.4. The quantitative estimate of drug-likeness (QED) is 0.368. The summed E-state index contributed by atoms with van der Waals surface area (Å²) in [6, 6.07) is 13.0. The fraction of sp³-hybridized carbons (Fsp3) is 0.393. The van der Waals surface area contributed by atoms with E-state index in [9.17, 15) is 9.35 Å². The van der Waals surface area contributed by atoms with Crippen LogP contribution in [0.2, 0.25) is 10.0 Å². The number of halogens is 2. The Kier molecular flexibility index (Phi) is 7.05. The number of hydrogen-bond acceptors (Lipinski definition) is 6. The first-order chi connectivity index (χ1) is 17.9. The van der Waals surface area contributed by atoms with E-state index in [1.54, 1.807) is 32.0 Å². The Morgan fingerprint density at radius 3 is 2.45 bits per heavy atom. The van der Waals surface area contributed by atoms with Gasteiger partial charge in [0.1, 0.15) is 39.2 Å². The molecule has 0 amide bonds. The number of rotatable bonds is 3. The monoisotopic (exact) mass is 572 g/mol. The Bertz CT molecular complexity index is 1490. The van der Waals surface area contributed by atoms with Crippen molar-refractivity contribution >= 4 is 46.1 Å². The van der Waals surface area contributed by atoms with Gasteiger partial charge in [-0.1, -0.05) is 45.8 Å². The summed E-state index contributed by atoms with van der Waals surface area (Å²) in [5.74, 6) is 1.92. The highest BCUT2D eigenvalue weighted by atomic mass is 35.5. The Morgan fingerprint density at radius 1 is 1.08 bits per heavy atom. The summed E-state index contributed by atoms with van der Waals surface area (Å²) in [6.45, 7) is 10.5. The molecule has 2 aliphatic heterocycles. The third-order valence-corrected chi connectivity index (χ3v) is 9.28. The van der Waals surface area contributed by atoms with Gasteiger partial charge in [0.2, 0.25) is 0 Å². The number of para-hydroxylation sites is 1. The van der Waals surface area contributed by atoms with Gasteiger partial charge in [-0.2, -0.15) is 0 Å². The fourth-order valence-corrected chi connectivity index (χ4v) is 6.06. The van der Waals surface area contributed by atoms with E-state index in [0.29, 0.717) is 58.9 Å². The van der Waals surface area contributed by atoms with E-state index in [0.717, 1.165) is 17.0 Å². The minimum absolute atomic E-state index is 0.190. The van der Waals surface area contributed by atoms with Crippen LogP contribution in [0.25, 0.3) is 5.69 Å². The van der Waals surface area contributed by atoms with Crippen molar-refractivity contribution in [2.45, 2.75) is 57.8 Å². The second-order valence-electron chi connectivity index (χ2n) is 10.7. The first-order valence-electron chi connectivity index (χ1n) is 12.5. The number of benzene rings is 2. The highest BCUT2D eigenvalue weighted by Gasteiger charge is 2.50. The molecule has 10 heteroatoms. The van der Waals surface area contributed by atoms with Crippen molar-refractivity contribution in [1.82, 2.24) is 9.55 Å². The van der Waals surface area contributed by atoms with Gasteiger partial charge < -0.3 is 14.2 Å². The van der Waals surface area contributed by atoms with Gasteiger partial charge in [-0.25, -0.2) is 4.98 Å². The fourth-order valence-electron chi connectivity index (χ4n) is 4.98. The minimum Gasteiger partial charge on any atom is -0.591 e. The summed E-state index contributed by atoms with van der Waals surface area (Å²) in [7, 11) is 0. The van der Waals surface area contributed by atoms with Gasteiger partial charge >= 0.3 is 0 Å². The maximum Gasteiger partial charge on any atom is 0.263 e. The van der Waals surface area contributed by atoms with Crippen LogP contribution in [0.5, 0.6) is 5.75 Å². The number of fused-ring (bicyclic) bond motifs is 1. The van der Waals surface area contributed by atoms with Crippen LogP contribution in [0.4, 0.5) is 5.82 Å². The molecule has 3 aromatic rings. The number of nitrogens with zero attached hydrogens (tertiary/aromatic N) is 4. The van der Waals surface area contributed by atoms with Crippen LogP contribution in [-0.2, 0) is 11.4 Å². The van der Waals surface area contributed by atoms with Gasteiger partial charge in [0.15, 0.2) is 5.60 Å². The lowest BCUT2D eigenvalue weighted by atomic mass is 9.85. The van der Waals surface area contributed by atoms with Crippen LogP contribution < -0.4 is 15.2 Å². The summed E-state index contributed by atoms with van der Waals surface area (Å²) >= 11 is 11.2. The molecule has 7 nitrogen and oxygen atoms in total. The standard InChI is InChI=1S/C28H30Cl2N4O3S/c1-17-25(31-18(2)34(26(17)35)21-11-8-10-20(29)23(21)30)33-15-13-28(14-16-33)24(32-38(36)27(3,4)5)19-9-6-7-12-22(19)37-28/h6-12H,13-16H2,1-5H3/b32-24+. The van der Waals surface area contributed by atoms with E-state index >= 15 is 0 Å².